The van der Waals surface area contributed by atoms with Crippen molar-refractivity contribution < 1.29 is 35.8 Å². The van der Waals surface area contributed by atoms with E-state index in [1.54, 1.807) is 0 Å². The van der Waals surface area contributed by atoms with Crippen LogP contribution in [0.15, 0.2) is 0 Å². The third-order valence-electron chi connectivity index (χ3n) is 0.707. The summed E-state index contributed by atoms with van der Waals surface area (Å²) in [5, 5.41) is 1.34. The minimum absolute atomic E-state index is 0. The molecular weight excluding hydrogens is 142 g/mol. The predicted molar refractivity (Wildman–Crippen MR) is 25.5 cm³/mol. The van der Waals surface area contributed by atoms with Gasteiger partial charge in [-0.15, -0.1) is 0 Å². The fourth-order valence-electron chi connectivity index (χ4n) is 0.354. The topological polar surface area (TPSA) is 0 Å². The molecule has 0 nitrogen and oxygen atoms in total. The van der Waals surface area contributed by atoms with Crippen molar-refractivity contribution in [3.63, 3.8) is 0 Å². The maximum atomic E-state index is 2.21. The first kappa shape index (κ1) is 15.9. The average molecular weight is 151 g/mol. The molecule has 0 rings (SSSR count). The van der Waals surface area contributed by atoms with Gasteiger partial charge in [-0.1, -0.05) is 0 Å². The molecule has 0 amide bonds. The summed E-state index contributed by atoms with van der Waals surface area (Å²) in [4.78, 5) is 0. The van der Waals surface area contributed by atoms with E-state index in [4.69, 9.17) is 0 Å². The van der Waals surface area contributed by atoms with Gasteiger partial charge in [-0.05, 0) is 0 Å². The van der Waals surface area contributed by atoms with Crippen molar-refractivity contribution in [1.29, 1.82) is 0 Å². The molecule has 0 heterocycles. The summed E-state index contributed by atoms with van der Waals surface area (Å²) in [6.45, 7) is 2.21. The Hall–Kier alpha value is 1.67. The van der Waals surface area contributed by atoms with Gasteiger partial charge in [0.25, 0.3) is 0 Å². The maximum absolute atomic E-state index is 2.21. The third kappa shape index (κ3) is 18.3. The van der Waals surface area contributed by atoms with Crippen LogP contribution >= 0.6 is 0 Å². The summed E-state index contributed by atoms with van der Waals surface area (Å²) in [6, 6.07) is 0. The van der Waals surface area contributed by atoms with Gasteiger partial charge in [0.15, 0.2) is 0 Å². The van der Waals surface area contributed by atoms with E-state index in [0.29, 0.717) is 0 Å². The molecule has 0 unspecified atom stereocenters. The van der Waals surface area contributed by atoms with E-state index in [9.17, 15) is 0 Å². The molecule has 0 bridgehead atoms. The van der Waals surface area contributed by atoms with Crippen LogP contribution in [0.3, 0.4) is 0 Å². The first-order valence-corrected chi connectivity index (χ1v) is 2.41. The van der Waals surface area contributed by atoms with Gasteiger partial charge in [-0.2, -0.15) is 0 Å². The van der Waals surface area contributed by atoms with Crippen molar-refractivity contribution in [2.75, 3.05) is 0 Å². The van der Waals surface area contributed by atoms with E-state index in [1.165, 1.54) is 17.9 Å². The molecule has 0 saturated carbocycles. The van der Waals surface area contributed by atoms with Crippen molar-refractivity contribution in [1.82, 2.24) is 0 Å². The summed E-state index contributed by atoms with van der Waals surface area (Å²) in [5.74, 6) is 0. The Balaban J connectivity index is -0.0000000800. The van der Waals surface area contributed by atoms with Crippen molar-refractivity contribution in [3.8, 4) is 0 Å². The van der Waals surface area contributed by atoms with E-state index < -0.39 is 0 Å². The standard InChI is InChI=1S/C4H9.BrH.2Li/c1-3-4-2;;;/h1,3-4H2,2H3;1H;;/q;;;+1/p-1. The van der Waals surface area contributed by atoms with E-state index in [1.807, 2.05) is 0 Å². The Morgan fingerprint density at radius 3 is 1.86 bits per heavy atom. The molecule has 0 radical (unpaired) electrons. The van der Waals surface area contributed by atoms with Crippen LogP contribution in [0.2, 0.25) is 5.09 Å². The zero-order valence-electron chi connectivity index (χ0n) is 5.50. The third-order valence-corrected chi connectivity index (χ3v) is 0.707. The Labute approximate surface area is 78.0 Å². The second kappa shape index (κ2) is 15.6. The Morgan fingerprint density at radius 1 is 1.43 bits per heavy atom. The summed E-state index contributed by atoms with van der Waals surface area (Å²) in [6.07, 6.45) is 2.73. The molecule has 0 aromatic carbocycles. The zero-order valence-corrected chi connectivity index (χ0v) is 7.09. The van der Waals surface area contributed by atoms with Gasteiger partial charge in [0.05, 0.1) is 0 Å². The van der Waals surface area contributed by atoms with Crippen molar-refractivity contribution in [2.45, 2.75) is 24.9 Å². The van der Waals surface area contributed by atoms with Crippen LogP contribution in [0.1, 0.15) is 19.8 Å². The molecule has 3 heteroatoms. The predicted octanol–water partition coefficient (Wildman–Crippen LogP) is -4.62. The van der Waals surface area contributed by atoms with Crippen molar-refractivity contribution >= 4 is 17.7 Å². The van der Waals surface area contributed by atoms with Gasteiger partial charge < -0.3 is 17.0 Å². The number of hydrogen-bond donors (Lipinski definition) is 0. The van der Waals surface area contributed by atoms with E-state index >= 15 is 0 Å². The second-order valence-corrected chi connectivity index (χ2v) is 1.35. The Kier molecular flexibility index (Phi) is 35.5. The average Bonchev–Trinajstić information content (AvgIpc) is 1.41. The van der Waals surface area contributed by atoms with Gasteiger partial charge in [0, 0.05) is 0 Å². The van der Waals surface area contributed by atoms with Crippen LogP contribution in [-0.4, -0.2) is 17.7 Å². The molecule has 0 aromatic heterocycles. The van der Waals surface area contributed by atoms with Gasteiger partial charge in [0.2, 0.25) is 0 Å². The molecule has 0 spiro atoms. The minimum atomic E-state index is 0. The zero-order chi connectivity index (χ0) is 4.12. The first-order valence-electron chi connectivity index (χ1n) is 2.41. The normalized spacial score (nSPS) is 6.14. The van der Waals surface area contributed by atoms with E-state index in [2.05, 4.69) is 24.6 Å². The van der Waals surface area contributed by atoms with E-state index in [-0.39, 0.29) is 35.8 Å². The monoisotopic (exact) mass is 150 g/mol. The van der Waals surface area contributed by atoms with Gasteiger partial charge in [-0.3, -0.25) is 0 Å². The quantitative estimate of drug-likeness (QED) is 0.348. The van der Waals surface area contributed by atoms with Gasteiger partial charge in [0.1, 0.15) is 0 Å². The van der Waals surface area contributed by atoms with Gasteiger partial charge in [-0.25, -0.2) is 0 Å². The molecular formula is C4H9BrLi2. The molecule has 0 fully saturated rings. The summed E-state index contributed by atoms with van der Waals surface area (Å²) < 4.78 is 0. The van der Waals surface area contributed by atoms with Crippen LogP contribution < -0.4 is 35.8 Å². The van der Waals surface area contributed by atoms with Crippen LogP contribution in [0.4, 0.5) is 0 Å². The fraction of sp³-hybridized carbons (Fsp3) is 1.00. The molecule has 0 aliphatic carbocycles. The summed E-state index contributed by atoms with van der Waals surface area (Å²) in [7, 11) is 0. The van der Waals surface area contributed by atoms with Crippen LogP contribution in [-0.2, 0) is 0 Å². The molecule has 0 aromatic rings. The number of halogens is 1. The molecule has 0 atom stereocenters. The SMILES string of the molecule is [Br-].[Li+].[Li][CH2]CCC. The van der Waals surface area contributed by atoms with E-state index in [0.717, 1.165) is 0 Å². The van der Waals surface area contributed by atoms with Crippen LogP contribution in [0, 0.1) is 0 Å². The number of hydrogen-bond acceptors (Lipinski definition) is 0. The second-order valence-electron chi connectivity index (χ2n) is 1.35. The summed E-state index contributed by atoms with van der Waals surface area (Å²) in [5.41, 5.74) is 0. The molecule has 7 heavy (non-hydrogen) atoms. The summed E-state index contributed by atoms with van der Waals surface area (Å²) >= 11 is 2.21. The fourth-order valence-corrected chi connectivity index (χ4v) is 0.354. The molecule has 0 aliphatic heterocycles. The molecule has 0 aliphatic rings. The molecule has 34 valence electrons. The van der Waals surface area contributed by atoms with Crippen molar-refractivity contribution in [3.05, 3.63) is 0 Å². The Bertz CT molecular complexity index is 17.2. The first-order chi connectivity index (χ1) is 2.41. The molecule has 0 N–H and O–H groups in total. The van der Waals surface area contributed by atoms with Crippen LogP contribution in [0.5, 0.6) is 0 Å². The number of unbranched alkanes of at least 4 members (excludes halogenated alkanes) is 1. The van der Waals surface area contributed by atoms with Crippen LogP contribution in [0.25, 0.3) is 0 Å². The Morgan fingerprint density at radius 2 is 1.86 bits per heavy atom. The van der Waals surface area contributed by atoms with Crippen molar-refractivity contribution in [2.24, 2.45) is 0 Å². The van der Waals surface area contributed by atoms with Gasteiger partial charge >= 0.3 is 61.4 Å². The molecule has 0 saturated heterocycles. The number of rotatable bonds is 2.